The highest BCUT2D eigenvalue weighted by Crippen LogP contribution is 2.26. The van der Waals surface area contributed by atoms with Crippen LogP contribution >= 0.6 is 11.6 Å². The minimum atomic E-state index is 0.664. The third-order valence-electron chi connectivity index (χ3n) is 4.68. The van der Waals surface area contributed by atoms with E-state index in [4.69, 9.17) is 21.6 Å². The Bertz CT molecular complexity index is 878. The van der Waals surface area contributed by atoms with Crippen LogP contribution in [0, 0.1) is 0 Å². The van der Waals surface area contributed by atoms with Gasteiger partial charge in [-0.25, -0.2) is 9.97 Å². The van der Waals surface area contributed by atoms with Crippen molar-refractivity contribution in [2.24, 2.45) is 0 Å². The summed E-state index contributed by atoms with van der Waals surface area (Å²) < 4.78 is 0. The standard InChI is InChI=1S/C20H22ClN5/c21-15-7-8-16-18(14-15)25-20(19(24-16)17-6-1-2-9-22-17)23-10-5-13-26-11-3-4-12-26/h1-2,6-9,14H,3-5,10-13H2,(H,23,25). The van der Waals surface area contributed by atoms with Gasteiger partial charge in [0, 0.05) is 17.8 Å². The molecule has 1 aliphatic rings. The van der Waals surface area contributed by atoms with E-state index in [1.807, 2.05) is 36.4 Å². The zero-order chi connectivity index (χ0) is 17.8. The van der Waals surface area contributed by atoms with Crippen LogP contribution < -0.4 is 5.32 Å². The van der Waals surface area contributed by atoms with Gasteiger partial charge in [-0.1, -0.05) is 17.7 Å². The SMILES string of the molecule is Clc1ccc2nc(-c3ccccn3)c(NCCCN3CCCC3)nc2c1. The van der Waals surface area contributed by atoms with E-state index >= 15 is 0 Å². The number of fused-ring (bicyclic) bond motifs is 1. The van der Waals surface area contributed by atoms with Crippen molar-refractivity contribution >= 4 is 28.5 Å². The van der Waals surface area contributed by atoms with Gasteiger partial charge in [0.05, 0.1) is 16.7 Å². The maximum absolute atomic E-state index is 6.12. The molecule has 0 spiro atoms. The molecule has 1 fully saturated rings. The predicted molar refractivity (Wildman–Crippen MR) is 107 cm³/mol. The van der Waals surface area contributed by atoms with E-state index in [2.05, 4.69) is 15.2 Å². The normalized spacial score (nSPS) is 14.8. The maximum atomic E-state index is 6.12. The van der Waals surface area contributed by atoms with Crippen LogP contribution in [0.25, 0.3) is 22.4 Å². The first-order chi connectivity index (χ1) is 12.8. The summed E-state index contributed by atoms with van der Waals surface area (Å²) in [6, 6.07) is 11.4. The lowest BCUT2D eigenvalue weighted by atomic mass is 10.2. The van der Waals surface area contributed by atoms with Crippen molar-refractivity contribution in [3.05, 3.63) is 47.6 Å². The molecule has 0 aliphatic carbocycles. The molecule has 0 radical (unpaired) electrons. The summed E-state index contributed by atoms with van der Waals surface area (Å²) in [5, 5.41) is 4.13. The first kappa shape index (κ1) is 17.2. The van der Waals surface area contributed by atoms with Gasteiger partial charge in [-0.05, 0) is 69.2 Å². The maximum Gasteiger partial charge on any atom is 0.154 e. The molecular weight excluding hydrogens is 346 g/mol. The van der Waals surface area contributed by atoms with Gasteiger partial charge in [-0.3, -0.25) is 4.98 Å². The van der Waals surface area contributed by atoms with Gasteiger partial charge in [-0.2, -0.15) is 0 Å². The highest BCUT2D eigenvalue weighted by atomic mass is 35.5. The van der Waals surface area contributed by atoms with Gasteiger partial charge in [0.25, 0.3) is 0 Å². The molecule has 0 saturated carbocycles. The van der Waals surface area contributed by atoms with E-state index < -0.39 is 0 Å². The molecule has 26 heavy (non-hydrogen) atoms. The Morgan fingerprint density at radius 3 is 2.73 bits per heavy atom. The molecule has 1 saturated heterocycles. The molecule has 1 N–H and O–H groups in total. The Kier molecular flexibility index (Phi) is 5.27. The molecule has 0 atom stereocenters. The van der Waals surface area contributed by atoms with Crippen molar-refractivity contribution in [2.45, 2.75) is 19.3 Å². The van der Waals surface area contributed by atoms with Crippen molar-refractivity contribution in [2.75, 3.05) is 31.5 Å². The molecule has 3 heterocycles. The monoisotopic (exact) mass is 367 g/mol. The number of hydrogen-bond acceptors (Lipinski definition) is 5. The number of pyridine rings is 1. The van der Waals surface area contributed by atoms with Crippen LogP contribution in [0.2, 0.25) is 5.02 Å². The fourth-order valence-corrected chi connectivity index (χ4v) is 3.51. The number of halogens is 1. The average molecular weight is 368 g/mol. The van der Waals surface area contributed by atoms with Gasteiger partial charge in [0.1, 0.15) is 5.69 Å². The Hall–Kier alpha value is -2.24. The fraction of sp³-hybridized carbons (Fsp3) is 0.350. The van der Waals surface area contributed by atoms with Gasteiger partial charge < -0.3 is 10.2 Å². The summed E-state index contributed by atoms with van der Waals surface area (Å²) in [6.07, 6.45) is 5.51. The second-order valence-corrected chi connectivity index (χ2v) is 7.03. The lowest BCUT2D eigenvalue weighted by molar-refractivity contribution is 0.337. The van der Waals surface area contributed by atoms with E-state index in [0.29, 0.717) is 5.02 Å². The Balaban J connectivity index is 1.57. The minimum absolute atomic E-state index is 0.664. The van der Waals surface area contributed by atoms with Crippen LogP contribution in [0.1, 0.15) is 19.3 Å². The van der Waals surface area contributed by atoms with Crippen molar-refractivity contribution < 1.29 is 0 Å². The number of likely N-dealkylation sites (tertiary alicyclic amines) is 1. The van der Waals surface area contributed by atoms with Crippen molar-refractivity contribution in [3.63, 3.8) is 0 Å². The van der Waals surface area contributed by atoms with Crippen molar-refractivity contribution in [1.29, 1.82) is 0 Å². The second-order valence-electron chi connectivity index (χ2n) is 6.60. The Morgan fingerprint density at radius 1 is 1.04 bits per heavy atom. The lowest BCUT2D eigenvalue weighted by Crippen LogP contribution is -2.22. The van der Waals surface area contributed by atoms with E-state index in [1.54, 1.807) is 6.20 Å². The lowest BCUT2D eigenvalue weighted by Gasteiger charge is -2.15. The first-order valence-electron chi connectivity index (χ1n) is 9.14. The van der Waals surface area contributed by atoms with Gasteiger partial charge in [-0.15, -0.1) is 0 Å². The highest BCUT2D eigenvalue weighted by Gasteiger charge is 2.13. The number of nitrogens with one attached hydrogen (secondary N) is 1. The minimum Gasteiger partial charge on any atom is -0.368 e. The molecule has 4 rings (SSSR count). The molecule has 0 amide bonds. The predicted octanol–water partition coefficient (Wildman–Crippen LogP) is 4.24. The summed E-state index contributed by atoms with van der Waals surface area (Å²) in [5.41, 5.74) is 3.21. The fourth-order valence-electron chi connectivity index (χ4n) is 3.35. The van der Waals surface area contributed by atoms with Gasteiger partial charge >= 0.3 is 0 Å². The number of nitrogens with zero attached hydrogens (tertiary/aromatic N) is 4. The molecule has 1 aromatic carbocycles. The van der Waals surface area contributed by atoms with E-state index in [0.717, 1.165) is 47.7 Å². The molecule has 0 bridgehead atoms. The topological polar surface area (TPSA) is 53.9 Å². The second kappa shape index (κ2) is 7.98. The third kappa shape index (κ3) is 3.94. The molecular formula is C20H22ClN5. The van der Waals surface area contributed by atoms with Crippen LogP contribution in [-0.4, -0.2) is 46.0 Å². The van der Waals surface area contributed by atoms with Crippen LogP contribution in [0.15, 0.2) is 42.6 Å². The zero-order valence-corrected chi connectivity index (χ0v) is 15.4. The van der Waals surface area contributed by atoms with Crippen LogP contribution in [0.4, 0.5) is 5.82 Å². The first-order valence-corrected chi connectivity index (χ1v) is 9.52. The van der Waals surface area contributed by atoms with E-state index in [1.165, 1.54) is 25.9 Å². The Morgan fingerprint density at radius 2 is 1.92 bits per heavy atom. The quantitative estimate of drug-likeness (QED) is 0.660. The van der Waals surface area contributed by atoms with Crippen LogP contribution in [0.5, 0.6) is 0 Å². The average Bonchev–Trinajstić information content (AvgIpc) is 3.19. The molecule has 1 aliphatic heterocycles. The highest BCUT2D eigenvalue weighted by molar-refractivity contribution is 6.31. The van der Waals surface area contributed by atoms with Crippen LogP contribution in [-0.2, 0) is 0 Å². The zero-order valence-electron chi connectivity index (χ0n) is 14.7. The van der Waals surface area contributed by atoms with Gasteiger partial charge in [0.15, 0.2) is 5.82 Å². The molecule has 5 nitrogen and oxygen atoms in total. The number of benzene rings is 1. The molecule has 134 valence electrons. The summed E-state index contributed by atoms with van der Waals surface area (Å²) in [6.45, 7) is 4.44. The summed E-state index contributed by atoms with van der Waals surface area (Å²) in [4.78, 5) is 16.5. The van der Waals surface area contributed by atoms with Crippen molar-refractivity contribution in [3.8, 4) is 11.4 Å². The molecule has 6 heteroatoms. The third-order valence-corrected chi connectivity index (χ3v) is 4.91. The Labute approximate surface area is 158 Å². The largest absolute Gasteiger partial charge is 0.368 e. The van der Waals surface area contributed by atoms with E-state index in [-0.39, 0.29) is 0 Å². The molecule has 0 unspecified atom stereocenters. The molecule has 2 aromatic heterocycles. The van der Waals surface area contributed by atoms with Crippen molar-refractivity contribution in [1.82, 2.24) is 19.9 Å². The van der Waals surface area contributed by atoms with Gasteiger partial charge in [0.2, 0.25) is 0 Å². The number of hydrogen-bond donors (Lipinski definition) is 1. The smallest absolute Gasteiger partial charge is 0.154 e. The van der Waals surface area contributed by atoms with E-state index in [9.17, 15) is 0 Å². The van der Waals surface area contributed by atoms with Crippen LogP contribution in [0.3, 0.4) is 0 Å². The summed E-state index contributed by atoms with van der Waals surface area (Å²) in [7, 11) is 0. The number of aromatic nitrogens is 3. The number of anilines is 1. The summed E-state index contributed by atoms with van der Waals surface area (Å²) >= 11 is 6.12. The number of rotatable bonds is 6. The summed E-state index contributed by atoms with van der Waals surface area (Å²) in [5.74, 6) is 0.764. The molecule has 3 aromatic rings.